The minimum atomic E-state index is 0.174. The molecule has 102 valence electrons. The van der Waals surface area contributed by atoms with Gasteiger partial charge in [-0.3, -0.25) is 4.79 Å². The molecule has 3 rings (SSSR count). The molecule has 19 heavy (non-hydrogen) atoms. The van der Waals surface area contributed by atoms with E-state index >= 15 is 0 Å². The van der Waals surface area contributed by atoms with E-state index in [1.165, 1.54) is 24.8 Å². The maximum atomic E-state index is 12.4. The van der Waals surface area contributed by atoms with Crippen molar-refractivity contribution in [1.82, 2.24) is 0 Å². The lowest BCUT2D eigenvalue weighted by molar-refractivity contribution is 0.0755. The molecule has 2 aliphatic carbocycles. The minimum Gasteiger partial charge on any atom is -0.497 e. The molecule has 0 spiro atoms. The van der Waals surface area contributed by atoms with Gasteiger partial charge in [-0.2, -0.15) is 0 Å². The Balaban J connectivity index is 2.13. The Hall–Kier alpha value is -1.31. The Bertz CT molecular complexity index is 520. The highest BCUT2D eigenvalue weighted by Crippen LogP contribution is 2.52. The second kappa shape index (κ2) is 4.36. The van der Waals surface area contributed by atoms with E-state index in [9.17, 15) is 4.79 Å². The number of Topliss-reactive ketones (excluding diaryl/α,β-unsaturated/α-hetero) is 1. The van der Waals surface area contributed by atoms with Crippen LogP contribution in [0, 0.1) is 11.8 Å². The summed E-state index contributed by atoms with van der Waals surface area (Å²) < 4.78 is 5.27. The first-order valence-electron chi connectivity index (χ1n) is 7.28. The van der Waals surface area contributed by atoms with E-state index < -0.39 is 0 Å². The highest BCUT2D eigenvalue weighted by Gasteiger charge is 2.47. The zero-order valence-electron chi connectivity index (χ0n) is 12.0. The summed E-state index contributed by atoms with van der Waals surface area (Å²) >= 11 is 0. The maximum absolute atomic E-state index is 12.4. The van der Waals surface area contributed by atoms with Gasteiger partial charge in [0, 0.05) is 12.0 Å². The van der Waals surface area contributed by atoms with Crippen LogP contribution in [0.1, 0.15) is 55.5 Å². The number of carbonyl (C=O) groups is 1. The lowest BCUT2D eigenvalue weighted by Crippen LogP contribution is -2.45. The Morgan fingerprint density at radius 3 is 2.89 bits per heavy atom. The fraction of sp³-hybridized carbons (Fsp3) is 0.588. The van der Waals surface area contributed by atoms with Gasteiger partial charge in [0.2, 0.25) is 0 Å². The molecule has 1 saturated carbocycles. The van der Waals surface area contributed by atoms with Crippen LogP contribution in [0.5, 0.6) is 5.75 Å². The molecule has 2 aliphatic rings. The van der Waals surface area contributed by atoms with Gasteiger partial charge in [0.15, 0.2) is 5.78 Å². The van der Waals surface area contributed by atoms with Gasteiger partial charge in [-0.05, 0) is 41.4 Å². The van der Waals surface area contributed by atoms with E-state index in [1.54, 1.807) is 7.11 Å². The van der Waals surface area contributed by atoms with Gasteiger partial charge in [-0.1, -0.05) is 32.8 Å². The Morgan fingerprint density at radius 2 is 2.16 bits per heavy atom. The third-order valence-electron chi connectivity index (χ3n) is 5.41. The number of ether oxygens (including phenoxy) is 1. The van der Waals surface area contributed by atoms with Crippen LogP contribution in [0.2, 0.25) is 0 Å². The molecule has 0 bridgehead atoms. The Labute approximate surface area is 115 Å². The topological polar surface area (TPSA) is 26.3 Å². The van der Waals surface area contributed by atoms with Gasteiger partial charge in [0.05, 0.1) is 7.11 Å². The first kappa shape index (κ1) is 12.7. The Kier molecular flexibility index (Phi) is 2.92. The molecule has 0 heterocycles. The zero-order valence-corrected chi connectivity index (χ0v) is 12.0. The van der Waals surface area contributed by atoms with Crippen LogP contribution in [0.25, 0.3) is 0 Å². The zero-order chi connectivity index (χ0) is 13.6. The van der Waals surface area contributed by atoms with Crippen molar-refractivity contribution < 1.29 is 9.53 Å². The van der Waals surface area contributed by atoms with Gasteiger partial charge in [-0.15, -0.1) is 0 Å². The highest BCUT2D eigenvalue weighted by molar-refractivity contribution is 5.99. The van der Waals surface area contributed by atoms with E-state index in [0.29, 0.717) is 24.0 Å². The van der Waals surface area contributed by atoms with Crippen molar-refractivity contribution >= 4 is 5.78 Å². The van der Waals surface area contributed by atoms with Crippen molar-refractivity contribution in [2.24, 2.45) is 11.8 Å². The number of fused-ring (bicyclic) bond motifs is 3. The Morgan fingerprint density at radius 1 is 1.37 bits per heavy atom. The average molecular weight is 258 g/mol. The number of hydrogen-bond acceptors (Lipinski definition) is 2. The number of ketones is 1. The number of rotatable bonds is 1. The van der Waals surface area contributed by atoms with Crippen LogP contribution in [0.4, 0.5) is 0 Å². The van der Waals surface area contributed by atoms with E-state index in [2.05, 4.69) is 19.9 Å². The molecule has 0 aliphatic heterocycles. The predicted molar refractivity (Wildman–Crippen MR) is 75.8 cm³/mol. The largest absolute Gasteiger partial charge is 0.497 e. The van der Waals surface area contributed by atoms with Crippen LogP contribution in [-0.2, 0) is 5.41 Å². The van der Waals surface area contributed by atoms with Crippen molar-refractivity contribution in [3.63, 3.8) is 0 Å². The summed E-state index contributed by atoms with van der Waals surface area (Å²) in [6.07, 6.45) is 4.44. The van der Waals surface area contributed by atoms with Gasteiger partial charge >= 0.3 is 0 Å². The van der Waals surface area contributed by atoms with Gasteiger partial charge in [0.25, 0.3) is 0 Å². The number of methoxy groups -OCH3 is 1. The summed E-state index contributed by atoms with van der Waals surface area (Å²) in [5, 5.41) is 0. The molecule has 0 aromatic heterocycles. The summed E-state index contributed by atoms with van der Waals surface area (Å²) in [5.74, 6) is 2.25. The van der Waals surface area contributed by atoms with Crippen LogP contribution < -0.4 is 4.74 Å². The van der Waals surface area contributed by atoms with Crippen molar-refractivity contribution in [2.75, 3.05) is 7.11 Å². The minimum absolute atomic E-state index is 0.174. The SMILES string of the molecule is COc1ccc2c(c1)C(=O)CC1[C@@H](C)CCC[C@]21C. The van der Waals surface area contributed by atoms with Crippen molar-refractivity contribution in [2.45, 2.75) is 44.9 Å². The second-order valence-corrected chi connectivity index (χ2v) is 6.43. The summed E-state index contributed by atoms with van der Waals surface area (Å²) in [6, 6.07) is 6.05. The summed E-state index contributed by atoms with van der Waals surface area (Å²) in [7, 11) is 1.65. The van der Waals surface area contributed by atoms with E-state index in [1.807, 2.05) is 12.1 Å². The summed E-state index contributed by atoms with van der Waals surface area (Å²) in [4.78, 5) is 12.4. The first-order valence-corrected chi connectivity index (χ1v) is 7.28. The fourth-order valence-electron chi connectivity index (χ4n) is 4.26. The standard InChI is InChI=1S/C17H22O2/c1-11-5-4-8-17(2)14-7-6-12(19-3)9-13(14)16(18)10-15(11)17/h6-7,9,11,15H,4-5,8,10H2,1-3H3/t11-,15?,17+/m0/s1. The van der Waals surface area contributed by atoms with Crippen molar-refractivity contribution in [1.29, 1.82) is 0 Å². The lowest BCUT2D eigenvalue weighted by atomic mass is 9.55. The quantitative estimate of drug-likeness (QED) is 0.761. The summed E-state index contributed by atoms with van der Waals surface area (Å²) in [6.45, 7) is 4.66. The normalized spacial score (nSPS) is 33.5. The molecule has 0 saturated heterocycles. The number of carbonyl (C=O) groups excluding carboxylic acids is 1. The van der Waals surface area contributed by atoms with Crippen LogP contribution in [0.15, 0.2) is 18.2 Å². The monoisotopic (exact) mass is 258 g/mol. The van der Waals surface area contributed by atoms with Gasteiger partial charge in [-0.25, -0.2) is 0 Å². The van der Waals surface area contributed by atoms with E-state index in [0.717, 1.165) is 11.3 Å². The molecule has 1 fully saturated rings. The molecule has 0 amide bonds. The average Bonchev–Trinajstić information content (AvgIpc) is 2.41. The molecule has 0 radical (unpaired) electrons. The van der Waals surface area contributed by atoms with Crippen LogP contribution in [0.3, 0.4) is 0 Å². The smallest absolute Gasteiger partial charge is 0.163 e. The molecule has 1 aromatic rings. The molecule has 3 atom stereocenters. The van der Waals surface area contributed by atoms with E-state index in [4.69, 9.17) is 4.74 Å². The molecule has 1 unspecified atom stereocenters. The molecule has 2 heteroatoms. The second-order valence-electron chi connectivity index (χ2n) is 6.43. The van der Waals surface area contributed by atoms with Crippen LogP contribution >= 0.6 is 0 Å². The summed E-state index contributed by atoms with van der Waals surface area (Å²) in [5.41, 5.74) is 2.32. The molecular weight excluding hydrogens is 236 g/mol. The van der Waals surface area contributed by atoms with Crippen molar-refractivity contribution in [3.05, 3.63) is 29.3 Å². The number of benzene rings is 1. The molecule has 1 aromatic carbocycles. The van der Waals surface area contributed by atoms with Gasteiger partial charge in [0.1, 0.15) is 5.75 Å². The van der Waals surface area contributed by atoms with Crippen LogP contribution in [-0.4, -0.2) is 12.9 Å². The van der Waals surface area contributed by atoms with E-state index in [-0.39, 0.29) is 5.41 Å². The lowest BCUT2D eigenvalue weighted by Gasteiger charge is -2.49. The third kappa shape index (κ3) is 1.80. The fourth-order valence-corrected chi connectivity index (χ4v) is 4.26. The third-order valence-corrected chi connectivity index (χ3v) is 5.41. The first-order chi connectivity index (χ1) is 9.06. The molecule has 2 nitrogen and oxygen atoms in total. The van der Waals surface area contributed by atoms with Crippen molar-refractivity contribution in [3.8, 4) is 5.75 Å². The maximum Gasteiger partial charge on any atom is 0.163 e. The molecule has 0 N–H and O–H groups in total. The molecular formula is C17H22O2. The highest BCUT2D eigenvalue weighted by atomic mass is 16.5. The number of hydrogen-bond donors (Lipinski definition) is 0. The predicted octanol–water partition coefficient (Wildman–Crippen LogP) is 3.98. The van der Waals surface area contributed by atoms with Gasteiger partial charge < -0.3 is 4.74 Å².